The number of amides is 1. The smallest absolute Gasteiger partial charge is 0.285 e. The molecule has 1 aromatic rings. The standard InChI is InChI=1S/C10H16N4OS/c1-6(2)14(5-7-3-4-7)9(15)8-12-13-10(11)16-8/h6-7H,3-5H2,1-2H3,(H2,11,13). The summed E-state index contributed by atoms with van der Waals surface area (Å²) in [7, 11) is 0. The van der Waals surface area contributed by atoms with Crippen molar-refractivity contribution in [2.24, 2.45) is 5.92 Å². The number of hydrogen-bond acceptors (Lipinski definition) is 5. The van der Waals surface area contributed by atoms with Gasteiger partial charge in [-0.25, -0.2) is 0 Å². The molecule has 0 radical (unpaired) electrons. The van der Waals surface area contributed by atoms with E-state index in [0.717, 1.165) is 17.9 Å². The van der Waals surface area contributed by atoms with Crippen molar-refractivity contribution in [1.82, 2.24) is 15.1 Å². The summed E-state index contributed by atoms with van der Waals surface area (Å²) in [6.45, 7) is 4.87. The minimum atomic E-state index is -0.0453. The summed E-state index contributed by atoms with van der Waals surface area (Å²) in [5, 5.41) is 8.21. The molecule has 2 N–H and O–H groups in total. The number of aromatic nitrogens is 2. The lowest BCUT2D eigenvalue weighted by Crippen LogP contribution is -2.38. The molecule has 1 fully saturated rings. The molecule has 1 heterocycles. The van der Waals surface area contributed by atoms with Gasteiger partial charge in [-0.05, 0) is 32.6 Å². The van der Waals surface area contributed by atoms with Gasteiger partial charge in [-0.3, -0.25) is 4.79 Å². The van der Waals surface area contributed by atoms with Crippen molar-refractivity contribution in [1.29, 1.82) is 0 Å². The summed E-state index contributed by atoms with van der Waals surface area (Å²) < 4.78 is 0. The van der Waals surface area contributed by atoms with Gasteiger partial charge >= 0.3 is 0 Å². The fraction of sp³-hybridized carbons (Fsp3) is 0.700. The molecule has 88 valence electrons. The van der Waals surface area contributed by atoms with E-state index in [9.17, 15) is 4.79 Å². The van der Waals surface area contributed by atoms with Crippen molar-refractivity contribution in [3.63, 3.8) is 0 Å². The summed E-state index contributed by atoms with van der Waals surface area (Å²) in [6, 6.07) is 0.193. The number of nitrogens with two attached hydrogens (primary N) is 1. The van der Waals surface area contributed by atoms with Crippen LogP contribution in [0.5, 0.6) is 0 Å². The molecule has 1 aromatic heterocycles. The number of hydrogen-bond donors (Lipinski definition) is 1. The van der Waals surface area contributed by atoms with E-state index < -0.39 is 0 Å². The molecule has 1 aliphatic rings. The number of nitrogen functional groups attached to an aromatic ring is 1. The third-order valence-corrected chi connectivity index (χ3v) is 3.40. The van der Waals surface area contributed by atoms with Gasteiger partial charge in [-0.2, -0.15) is 0 Å². The van der Waals surface area contributed by atoms with E-state index in [1.807, 2.05) is 18.7 Å². The molecule has 0 atom stereocenters. The lowest BCUT2D eigenvalue weighted by atomic mass is 10.2. The minimum absolute atomic E-state index is 0.0453. The molecule has 2 rings (SSSR count). The summed E-state index contributed by atoms with van der Waals surface area (Å²) >= 11 is 1.15. The van der Waals surface area contributed by atoms with Crippen LogP contribution < -0.4 is 5.73 Å². The summed E-state index contributed by atoms with van der Waals surface area (Å²) in [4.78, 5) is 14.0. The number of nitrogens with zero attached hydrogens (tertiary/aromatic N) is 3. The Hall–Kier alpha value is -1.17. The Morgan fingerprint density at radius 2 is 2.25 bits per heavy atom. The molecule has 0 unspecified atom stereocenters. The van der Waals surface area contributed by atoms with Crippen LogP contribution in [0.3, 0.4) is 0 Å². The molecule has 0 aromatic carbocycles. The predicted molar refractivity (Wildman–Crippen MR) is 63.2 cm³/mol. The van der Waals surface area contributed by atoms with E-state index in [1.165, 1.54) is 12.8 Å². The highest BCUT2D eigenvalue weighted by Gasteiger charge is 2.30. The first-order chi connectivity index (χ1) is 7.58. The van der Waals surface area contributed by atoms with Gasteiger partial charge in [0.1, 0.15) is 0 Å². The van der Waals surface area contributed by atoms with Crippen molar-refractivity contribution in [2.75, 3.05) is 12.3 Å². The lowest BCUT2D eigenvalue weighted by molar-refractivity contribution is 0.0695. The molecule has 6 heteroatoms. The topological polar surface area (TPSA) is 72.1 Å². The maximum absolute atomic E-state index is 12.1. The van der Waals surface area contributed by atoms with Gasteiger partial charge in [0.25, 0.3) is 5.91 Å². The van der Waals surface area contributed by atoms with E-state index in [4.69, 9.17) is 5.73 Å². The highest BCUT2D eigenvalue weighted by Crippen LogP contribution is 2.31. The third-order valence-electron chi connectivity index (χ3n) is 2.66. The van der Waals surface area contributed by atoms with E-state index in [2.05, 4.69) is 10.2 Å². The van der Waals surface area contributed by atoms with Gasteiger partial charge in [0.05, 0.1) is 0 Å². The highest BCUT2D eigenvalue weighted by atomic mass is 32.1. The van der Waals surface area contributed by atoms with Crippen LogP contribution in [0, 0.1) is 5.92 Å². The molecule has 1 saturated carbocycles. The second-order valence-corrected chi connectivity index (χ2v) is 5.45. The average molecular weight is 240 g/mol. The SMILES string of the molecule is CC(C)N(CC1CC1)C(=O)c1nnc(N)s1. The molecule has 0 bridgehead atoms. The molecular formula is C10H16N4OS. The number of carbonyl (C=O) groups excluding carboxylic acids is 1. The first kappa shape index (κ1) is 11.3. The molecule has 1 amide bonds. The Bertz CT molecular complexity index is 386. The van der Waals surface area contributed by atoms with E-state index in [0.29, 0.717) is 16.1 Å². The van der Waals surface area contributed by atoms with Gasteiger partial charge in [0.15, 0.2) is 0 Å². The Balaban J connectivity index is 2.09. The molecule has 0 spiro atoms. The minimum Gasteiger partial charge on any atom is -0.374 e. The van der Waals surface area contributed by atoms with E-state index in [-0.39, 0.29) is 11.9 Å². The van der Waals surface area contributed by atoms with Gasteiger partial charge in [-0.15, -0.1) is 10.2 Å². The van der Waals surface area contributed by atoms with Crippen LogP contribution >= 0.6 is 11.3 Å². The van der Waals surface area contributed by atoms with E-state index in [1.54, 1.807) is 0 Å². The Morgan fingerprint density at radius 1 is 1.56 bits per heavy atom. The first-order valence-electron chi connectivity index (χ1n) is 5.48. The second kappa shape index (κ2) is 4.37. The van der Waals surface area contributed by atoms with E-state index >= 15 is 0 Å². The van der Waals surface area contributed by atoms with Crippen molar-refractivity contribution < 1.29 is 4.79 Å². The monoisotopic (exact) mass is 240 g/mol. The van der Waals surface area contributed by atoms with Gasteiger partial charge in [0.2, 0.25) is 10.1 Å². The fourth-order valence-electron chi connectivity index (χ4n) is 1.55. The van der Waals surface area contributed by atoms with Crippen LogP contribution in [0.4, 0.5) is 5.13 Å². The van der Waals surface area contributed by atoms with Crippen LogP contribution in [-0.4, -0.2) is 33.6 Å². The Labute approximate surface area is 98.7 Å². The number of anilines is 1. The first-order valence-corrected chi connectivity index (χ1v) is 6.29. The maximum Gasteiger partial charge on any atom is 0.285 e. The van der Waals surface area contributed by atoms with Crippen LogP contribution in [0.1, 0.15) is 36.5 Å². The zero-order valence-corrected chi connectivity index (χ0v) is 10.3. The van der Waals surface area contributed by atoms with Crippen LogP contribution in [0.15, 0.2) is 0 Å². The average Bonchev–Trinajstić information content (AvgIpc) is 2.95. The normalized spacial score (nSPS) is 15.4. The summed E-state index contributed by atoms with van der Waals surface area (Å²) in [5.74, 6) is 0.632. The predicted octanol–water partition coefficient (Wildman–Crippen LogP) is 1.38. The summed E-state index contributed by atoms with van der Waals surface area (Å²) in [6.07, 6.45) is 2.46. The quantitative estimate of drug-likeness (QED) is 0.863. The van der Waals surface area contributed by atoms with Crippen molar-refractivity contribution in [3.05, 3.63) is 5.01 Å². The van der Waals surface area contributed by atoms with Crippen LogP contribution in [-0.2, 0) is 0 Å². The van der Waals surface area contributed by atoms with Crippen molar-refractivity contribution in [2.45, 2.75) is 32.7 Å². The van der Waals surface area contributed by atoms with Gasteiger partial charge in [-0.1, -0.05) is 11.3 Å². The summed E-state index contributed by atoms with van der Waals surface area (Å²) in [5.41, 5.74) is 5.48. The molecule has 0 aliphatic heterocycles. The highest BCUT2D eigenvalue weighted by molar-refractivity contribution is 7.16. The molecule has 0 saturated heterocycles. The number of rotatable bonds is 4. The maximum atomic E-state index is 12.1. The fourth-order valence-corrected chi connectivity index (χ4v) is 2.12. The van der Waals surface area contributed by atoms with Gasteiger partial charge < -0.3 is 10.6 Å². The molecule has 1 aliphatic carbocycles. The number of carbonyl (C=O) groups is 1. The Kier molecular flexibility index (Phi) is 3.09. The van der Waals surface area contributed by atoms with Gasteiger partial charge in [0, 0.05) is 12.6 Å². The van der Waals surface area contributed by atoms with Crippen molar-refractivity contribution in [3.8, 4) is 0 Å². The van der Waals surface area contributed by atoms with Crippen LogP contribution in [0.2, 0.25) is 0 Å². The third kappa shape index (κ3) is 2.49. The van der Waals surface area contributed by atoms with Crippen molar-refractivity contribution >= 4 is 22.4 Å². The molecule has 5 nitrogen and oxygen atoms in total. The molecule has 16 heavy (non-hydrogen) atoms. The lowest BCUT2D eigenvalue weighted by Gasteiger charge is -2.25. The molecular weight excluding hydrogens is 224 g/mol. The van der Waals surface area contributed by atoms with Crippen LogP contribution in [0.25, 0.3) is 0 Å². The zero-order chi connectivity index (χ0) is 11.7. The largest absolute Gasteiger partial charge is 0.374 e. The second-order valence-electron chi connectivity index (χ2n) is 4.44. The Morgan fingerprint density at radius 3 is 2.69 bits per heavy atom. The zero-order valence-electron chi connectivity index (χ0n) is 9.51.